The molecule has 2 atom stereocenters. The molecule has 0 aliphatic rings. The summed E-state index contributed by atoms with van der Waals surface area (Å²) in [5.74, 6) is -4.08. The third kappa shape index (κ3) is 15.6. The van der Waals surface area contributed by atoms with Gasteiger partial charge in [-0.15, -0.1) is 0 Å². The fraction of sp³-hybridized carbons (Fsp3) is 0.600. The Kier molecular flexibility index (Phi) is 14.6. The molecule has 43 heavy (non-hydrogen) atoms. The predicted molar refractivity (Wildman–Crippen MR) is 161 cm³/mol. The van der Waals surface area contributed by atoms with Crippen LogP contribution in [0.4, 0.5) is 5.69 Å². The number of aliphatic carboxylic acids is 2. The van der Waals surface area contributed by atoms with Gasteiger partial charge in [-0.2, -0.15) is 0 Å². The summed E-state index contributed by atoms with van der Waals surface area (Å²) in [6.07, 6.45) is 1.78. The second-order valence-electron chi connectivity index (χ2n) is 12.5. The Morgan fingerprint density at radius 1 is 0.791 bits per heavy atom. The first-order valence-corrected chi connectivity index (χ1v) is 14.4. The van der Waals surface area contributed by atoms with Crippen LogP contribution in [0, 0.1) is 10.8 Å². The summed E-state index contributed by atoms with van der Waals surface area (Å²) >= 11 is 0. The first kappa shape index (κ1) is 36.9. The van der Waals surface area contributed by atoms with Crippen LogP contribution >= 0.6 is 0 Å². The van der Waals surface area contributed by atoms with Crippen molar-refractivity contribution < 1.29 is 39.0 Å². The highest BCUT2D eigenvalue weighted by Crippen LogP contribution is 2.38. The van der Waals surface area contributed by atoms with Crippen molar-refractivity contribution in [1.29, 1.82) is 0 Å². The van der Waals surface area contributed by atoms with E-state index in [0.29, 0.717) is 37.1 Å². The molecule has 0 radical (unpaired) electrons. The molecule has 0 saturated carbocycles. The van der Waals surface area contributed by atoms with Gasteiger partial charge in [-0.3, -0.25) is 24.0 Å². The molecule has 13 nitrogen and oxygen atoms in total. The number of nitrogens with one attached hydrogen (secondary N) is 3. The number of rotatable bonds is 20. The maximum absolute atomic E-state index is 12.6. The van der Waals surface area contributed by atoms with Gasteiger partial charge in [0, 0.05) is 30.6 Å². The molecule has 0 aliphatic carbocycles. The van der Waals surface area contributed by atoms with E-state index >= 15 is 0 Å². The van der Waals surface area contributed by atoms with Crippen molar-refractivity contribution in [3.8, 4) is 0 Å². The number of primary amides is 1. The fourth-order valence-electron chi connectivity index (χ4n) is 5.20. The molecule has 1 aromatic rings. The van der Waals surface area contributed by atoms with Crippen LogP contribution < -0.4 is 27.4 Å². The third-order valence-electron chi connectivity index (χ3n) is 6.81. The van der Waals surface area contributed by atoms with Crippen molar-refractivity contribution >= 4 is 41.3 Å². The quantitative estimate of drug-likeness (QED) is 0.0851. The molecule has 0 saturated heterocycles. The Bertz CT molecular complexity index is 1130. The maximum Gasteiger partial charge on any atom is 0.326 e. The zero-order valence-electron chi connectivity index (χ0n) is 25.5. The highest BCUT2D eigenvalue weighted by molar-refractivity contribution is 5.94. The van der Waals surface area contributed by atoms with Crippen LogP contribution in [0.25, 0.3) is 0 Å². The normalized spacial score (nSPS) is 12.9. The summed E-state index contributed by atoms with van der Waals surface area (Å²) < 4.78 is 0. The highest BCUT2D eigenvalue weighted by Gasteiger charge is 2.33. The van der Waals surface area contributed by atoms with E-state index in [4.69, 9.17) is 16.6 Å². The highest BCUT2D eigenvalue weighted by atomic mass is 16.4. The molecule has 240 valence electrons. The molecular formula is C30H47N5O8. The number of amides is 4. The molecule has 13 heteroatoms. The third-order valence-corrected chi connectivity index (χ3v) is 6.81. The lowest BCUT2D eigenvalue weighted by Gasteiger charge is -2.34. The molecule has 0 aliphatic heterocycles. The first-order chi connectivity index (χ1) is 19.9. The number of carbonyl (C=O) groups excluding carboxylic acids is 4. The van der Waals surface area contributed by atoms with Crippen molar-refractivity contribution in [3.63, 3.8) is 0 Å². The van der Waals surface area contributed by atoms with Crippen molar-refractivity contribution in [3.05, 3.63) is 29.8 Å². The molecule has 1 aromatic carbocycles. The lowest BCUT2D eigenvalue weighted by Crippen LogP contribution is -2.45. The van der Waals surface area contributed by atoms with E-state index < -0.39 is 52.6 Å². The summed E-state index contributed by atoms with van der Waals surface area (Å²) in [7, 11) is 0. The minimum Gasteiger partial charge on any atom is -0.481 e. The van der Waals surface area contributed by atoms with E-state index in [1.54, 1.807) is 38.1 Å². The molecule has 0 bridgehead atoms. The van der Waals surface area contributed by atoms with Crippen LogP contribution in [0.2, 0.25) is 0 Å². The van der Waals surface area contributed by atoms with Crippen LogP contribution in [0.3, 0.4) is 0 Å². The molecule has 0 heterocycles. The smallest absolute Gasteiger partial charge is 0.326 e. The number of anilines is 1. The van der Waals surface area contributed by atoms with Gasteiger partial charge in [-0.25, -0.2) is 4.79 Å². The molecule has 2 unspecified atom stereocenters. The summed E-state index contributed by atoms with van der Waals surface area (Å²) in [6, 6.07) is 4.37. The minimum atomic E-state index is -1.24. The monoisotopic (exact) mass is 605 g/mol. The van der Waals surface area contributed by atoms with Crippen molar-refractivity contribution in [2.24, 2.45) is 16.6 Å². The van der Waals surface area contributed by atoms with Crippen molar-refractivity contribution in [1.82, 2.24) is 16.0 Å². The minimum absolute atomic E-state index is 0.00558. The summed E-state index contributed by atoms with van der Waals surface area (Å²) in [4.78, 5) is 71.9. The average Bonchev–Trinajstić information content (AvgIpc) is 2.85. The first-order valence-electron chi connectivity index (χ1n) is 14.4. The molecule has 4 amide bonds. The van der Waals surface area contributed by atoms with Gasteiger partial charge < -0.3 is 37.6 Å². The van der Waals surface area contributed by atoms with E-state index in [2.05, 4.69) is 16.0 Å². The Morgan fingerprint density at radius 3 is 1.91 bits per heavy atom. The molecular weight excluding hydrogens is 558 g/mol. The standard InChI is InChI=1S/C30H47N5O8/c1-29(2,18-30(3,4)17-25(38)39)16-24(37)35-22(28(42)43)9-7-10-23(36)34-21(26(32)40)8-5-6-15-33-27(41)19-11-13-20(31)14-12-19/h11-14,21-22H,5-10,15-18,31H2,1-4H3,(H2,32,40)(H,33,41)(H,34,36)(H,35,37)(H,38,39)(H,42,43). The number of carbonyl (C=O) groups is 6. The van der Waals surface area contributed by atoms with E-state index in [-0.39, 0.29) is 44.4 Å². The van der Waals surface area contributed by atoms with Gasteiger partial charge in [-0.1, -0.05) is 27.7 Å². The Balaban J connectivity index is 2.46. The topological polar surface area (TPSA) is 231 Å². The van der Waals surface area contributed by atoms with E-state index in [9.17, 15) is 33.9 Å². The molecule has 0 spiro atoms. The molecule has 1 rings (SSSR count). The van der Waals surface area contributed by atoms with Crippen LogP contribution in [0.5, 0.6) is 0 Å². The summed E-state index contributed by atoms with van der Waals surface area (Å²) in [6.45, 7) is 7.62. The summed E-state index contributed by atoms with van der Waals surface area (Å²) in [5, 5.41) is 26.5. The SMILES string of the molecule is CC(C)(CC(=O)O)CC(C)(C)CC(=O)NC(CCCC(=O)NC(CCCCNC(=O)c1ccc(N)cc1)C(N)=O)C(=O)O. The van der Waals surface area contributed by atoms with Gasteiger partial charge in [0.25, 0.3) is 5.91 Å². The number of benzene rings is 1. The van der Waals surface area contributed by atoms with Gasteiger partial charge in [0.05, 0.1) is 6.42 Å². The lowest BCUT2D eigenvalue weighted by molar-refractivity contribution is -0.143. The molecule has 0 fully saturated rings. The predicted octanol–water partition coefficient (Wildman–Crippen LogP) is 2.19. The number of nitrogens with two attached hydrogens (primary N) is 2. The second kappa shape index (κ2) is 17.1. The Labute approximate surface area is 252 Å². The maximum atomic E-state index is 12.6. The largest absolute Gasteiger partial charge is 0.481 e. The van der Waals surface area contributed by atoms with Gasteiger partial charge in [-0.05, 0) is 73.6 Å². The van der Waals surface area contributed by atoms with Crippen LogP contribution in [0.15, 0.2) is 24.3 Å². The van der Waals surface area contributed by atoms with Gasteiger partial charge >= 0.3 is 11.9 Å². The zero-order chi connectivity index (χ0) is 32.8. The number of carboxylic acid groups (broad SMARTS) is 2. The number of carboxylic acids is 2. The Hall–Kier alpha value is -4.16. The van der Waals surface area contributed by atoms with Gasteiger partial charge in [0.2, 0.25) is 17.7 Å². The second-order valence-corrected chi connectivity index (χ2v) is 12.5. The fourth-order valence-corrected chi connectivity index (χ4v) is 5.20. The molecule has 0 aromatic heterocycles. The number of hydrogen-bond acceptors (Lipinski definition) is 7. The Morgan fingerprint density at radius 2 is 1.35 bits per heavy atom. The number of unbranched alkanes of at least 4 members (excludes halogenated alkanes) is 1. The van der Waals surface area contributed by atoms with Crippen molar-refractivity contribution in [2.45, 2.75) is 97.6 Å². The van der Waals surface area contributed by atoms with E-state index in [1.807, 2.05) is 13.8 Å². The van der Waals surface area contributed by atoms with Crippen LogP contribution in [0.1, 0.15) is 95.8 Å². The van der Waals surface area contributed by atoms with Gasteiger partial charge in [0.15, 0.2) is 0 Å². The average molecular weight is 606 g/mol. The molecule has 9 N–H and O–H groups in total. The van der Waals surface area contributed by atoms with Gasteiger partial charge in [0.1, 0.15) is 12.1 Å². The van der Waals surface area contributed by atoms with E-state index in [0.717, 1.165) is 0 Å². The number of hydrogen-bond donors (Lipinski definition) is 7. The van der Waals surface area contributed by atoms with Crippen molar-refractivity contribution in [2.75, 3.05) is 12.3 Å². The number of nitrogen functional groups attached to an aromatic ring is 1. The van der Waals surface area contributed by atoms with Crippen LogP contribution in [-0.2, 0) is 24.0 Å². The lowest BCUT2D eigenvalue weighted by atomic mass is 9.71. The summed E-state index contributed by atoms with van der Waals surface area (Å²) in [5.41, 5.74) is 11.0. The van der Waals surface area contributed by atoms with E-state index in [1.165, 1.54) is 0 Å². The zero-order valence-corrected chi connectivity index (χ0v) is 25.5. The van der Waals surface area contributed by atoms with Crippen LogP contribution in [-0.4, -0.2) is 64.4 Å².